The first kappa shape index (κ1) is 20.8. The van der Waals surface area contributed by atoms with E-state index in [4.69, 9.17) is 4.42 Å². The summed E-state index contributed by atoms with van der Waals surface area (Å²) in [6.45, 7) is 2.44. The standard InChI is InChI=1S/C21H23N3O4S/c1-16-7-9-17(10-8-16)21-24-18(15-28-21)11-13-22-20(25)12-14-23-29(26,27)19-5-3-2-4-6-19/h2-10,15,23H,11-14H2,1H3,(H,22,25). The van der Waals surface area contributed by atoms with Gasteiger partial charge < -0.3 is 9.73 Å². The average Bonchev–Trinajstić information content (AvgIpc) is 3.18. The molecule has 0 aliphatic rings. The third kappa shape index (κ3) is 6.00. The van der Waals surface area contributed by atoms with E-state index in [0.717, 1.165) is 16.8 Å². The summed E-state index contributed by atoms with van der Waals surface area (Å²) in [4.78, 5) is 16.5. The molecular weight excluding hydrogens is 390 g/mol. The first-order valence-corrected chi connectivity index (χ1v) is 10.8. The van der Waals surface area contributed by atoms with Gasteiger partial charge in [0, 0.05) is 31.5 Å². The minimum atomic E-state index is -3.60. The molecule has 2 aromatic carbocycles. The molecule has 0 saturated heterocycles. The predicted molar refractivity (Wildman–Crippen MR) is 110 cm³/mol. The van der Waals surface area contributed by atoms with E-state index in [1.54, 1.807) is 24.5 Å². The maximum Gasteiger partial charge on any atom is 0.240 e. The van der Waals surface area contributed by atoms with Crippen molar-refractivity contribution in [3.8, 4) is 11.5 Å². The lowest BCUT2D eigenvalue weighted by Crippen LogP contribution is -2.31. The third-order valence-corrected chi connectivity index (χ3v) is 5.73. The second-order valence-electron chi connectivity index (χ2n) is 6.57. The second-order valence-corrected chi connectivity index (χ2v) is 8.34. The SMILES string of the molecule is Cc1ccc(-c2nc(CCNC(=O)CCNS(=O)(=O)c3ccccc3)co2)cc1. The Morgan fingerprint density at radius 1 is 1.03 bits per heavy atom. The van der Waals surface area contributed by atoms with Gasteiger partial charge in [0.15, 0.2) is 0 Å². The minimum absolute atomic E-state index is 0.0323. The van der Waals surface area contributed by atoms with E-state index >= 15 is 0 Å². The summed E-state index contributed by atoms with van der Waals surface area (Å²) in [5.74, 6) is 0.310. The summed E-state index contributed by atoms with van der Waals surface area (Å²) in [6.07, 6.45) is 2.16. The normalized spacial score (nSPS) is 11.3. The fourth-order valence-electron chi connectivity index (χ4n) is 2.65. The number of nitrogens with one attached hydrogen (secondary N) is 2. The topological polar surface area (TPSA) is 101 Å². The van der Waals surface area contributed by atoms with Crippen LogP contribution in [0.2, 0.25) is 0 Å². The highest BCUT2D eigenvalue weighted by atomic mass is 32.2. The zero-order valence-corrected chi connectivity index (χ0v) is 16.9. The quantitative estimate of drug-likeness (QED) is 0.562. The molecule has 8 heteroatoms. The fourth-order valence-corrected chi connectivity index (χ4v) is 3.70. The van der Waals surface area contributed by atoms with Crippen LogP contribution in [0.1, 0.15) is 17.7 Å². The van der Waals surface area contributed by atoms with E-state index < -0.39 is 10.0 Å². The highest BCUT2D eigenvalue weighted by Gasteiger charge is 2.13. The number of carbonyl (C=O) groups is 1. The van der Waals surface area contributed by atoms with Gasteiger partial charge in [0.05, 0.1) is 10.6 Å². The summed E-state index contributed by atoms with van der Waals surface area (Å²) >= 11 is 0. The van der Waals surface area contributed by atoms with Crippen molar-refractivity contribution in [2.24, 2.45) is 0 Å². The van der Waals surface area contributed by atoms with Crippen LogP contribution in [0.15, 0.2) is 70.2 Å². The van der Waals surface area contributed by atoms with Gasteiger partial charge in [0.25, 0.3) is 0 Å². The molecule has 0 fully saturated rings. The summed E-state index contributed by atoms with van der Waals surface area (Å²) in [5.41, 5.74) is 2.80. The maximum atomic E-state index is 12.1. The lowest BCUT2D eigenvalue weighted by molar-refractivity contribution is -0.120. The summed E-state index contributed by atoms with van der Waals surface area (Å²) in [7, 11) is -3.60. The van der Waals surface area contributed by atoms with E-state index in [9.17, 15) is 13.2 Å². The van der Waals surface area contributed by atoms with Gasteiger partial charge in [-0.25, -0.2) is 18.1 Å². The number of sulfonamides is 1. The Hall–Kier alpha value is -2.97. The second kappa shape index (κ2) is 9.49. The van der Waals surface area contributed by atoms with Crippen molar-refractivity contribution in [2.75, 3.05) is 13.1 Å². The van der Waals surface area contributed by atoms with E-state index in [2.05, 4.69) is 15.0 Å². The Morgan fingerprint density at radius 3 is 2.48 bits per heavy atom. The molecule has 152 valence electrons. The molecule has 0 radical (unpaired) electrons. The van der Waals surface area contributed by atoms with Crippen LogP contribution in [0.4, 0.5) is 0 Å². The van der Waals surface area contributed by atoms with Gasteiger partial charge in [-0.05, 0) is 31.2 Å². The molecule has 0 aliphatic heterocycles. The lowest BCUT2D eigenvalue weighted by Gasteiger charge is -2.07. The van der Waals surface area contributed by atoms with Crippen LogP contribution in [0, 0.1) is 6.92 Å². The number of benzene rings is 2. The predicted octanol–water partition coefficient (Wildman–Crippen LogP) is 2.68. The molecule has 0 saturated carbocycles. The average molecular weight is 413 g/mol. The van der Waals surface area contributed by atoms with E-state index in [0.29, 0.717) is 18.9 Å². The molecule has 0 unspecified atom stereocenters. The van der Waals surface area contributed by atoms with Gasteiger partial charge in [-0.15, -0.1) is 0 Å². The number of oxazole rings is 1. The van der Waals surface area contributed by atoms with E-state index in [1.807, 2.05) is 31.2 Å². The van der Waals surface area contributed by atoms with Crippen molar-refractivity contribution in [3.05, 3.63) is 72.1 Å². The van der Waals surface area contributed by atoms with Crippen LogP contribution >= 0.6 is 0 Å². The smallest absolute Gasteiger partial charge is 0.240 e. The largest absolute Gasteiger partial charge is 0.444 e. The zero-order chi connectivity index (χ0) is 20.7. The van der Waals surface area contributed by atoms with Crippen molar-refractivity contribution in [2.45, 2.75) is 24.7 Å². The van der Waals surface area contributed by atoms with Crippen molar-refractivity contribution in [1.29, 1.82) is 0 Å². The first-order chi connectivity index (χ1) is 13.9. The van der Waals surface area contributed by atoms with E-state index in [1.165, 1.54) is 12.1 Å². The van der Waals surface area contributed by atoms with Crippen LogP contribution in [-0.2, 0) is 21.2 Å². The van der Waals surface area contributed by atoms with Gasteiger partial charge in [-0.1, -0.05) is 35.9 Å². The summed E-state index contributed by atoms with van der Waals surface area (Å²) in [5, 5.41) is 2.76. The molecular formula is C21H23N3O4S. The van der Waals surface area contributed by atoms with Gasteiger partial charge in [0.2, 0.25) is 21.8 Å². The number of hydrogen-bond acceptors (Lipinski definition) is 5. The summed E-state index contributed by atoms with van der Waals surface area (Å²) < 4.78 is 32.1. The number of rotatable bonds is 9. The molecule has 2 N–H and O–H groups in total. The number of carbonyl (C=O) groups excluding carboxylic acids is 1. The molecule has 1 amide bonds. The number of amides is 1. The van der Waals surface area contributed by atoms with E-state index in [-0.39, 0.29) is 23.8 Å². The Morgan fingerprint density at radius 2 is 1.76 bits per heavy atom. The third-order valence-electron chi connectivity index (χ3n) is 4.25. The van der Waals surface area contributed by atoms with Crippen molar-refractivity contribution in [3.63, 3.8) is 0 Å². The number of aryl methyl sites for hydroxylation is 1. The van der Waals surface area contributed by atoms with Crippen LogP contribution in [0.25, 0.3) is 11.5 Å². The maximum absolute atomic E-state index is 12.1. The molecule has 3 aromatic rings. The van der Waals surface area contributed by atoms with Crippen LogP contribution in [0.5, 0.6) is 0 Å². The number of nitrogens with zero attached hydrogens (tertiary/aromatic N) is 1. The molecule has 0 atom stereocenters. The number of hydrogen-bond donors (Lipinski definition) is 2. The summed E-state index contributed by atoms with van der Waals surface area (Å²) in [6, 6.07) is 15.9. The molecule has 29 heavy (non-hydrogen) atoms. The van der Waals surface area contributed by atoms with Crippen molar-refractivity contribution >= 4 is 15.9 Å². The molecule has 1 aromatic heterocycles. The van der Waals surface area contributed by atoms with Crippen LogP contribution < -0.4 is 10.0 Å². The fraction of sp³-hybridized carbons (Fsp3) is 0.238. The van der Waals surface area contributed by atoms with Crippen LogP contribution in [0.3, 0.4) is 0 Å². The van der Waals surface area contributed by atoms with Crippen LogP contribution in [-0.4, -0.2) is 32.4 Å². The van der Waals surface area contributed by atoms with Gasteiger partial charge >= 0.3 is 0 Å². The highest BCUT2D eigenvalue weighted by molar-refractivity contribution is 7.89. The first-order valence-electron chi connectivity index (χ1n) is 9.27. The van der Waals surface area contributed by atoms with Gasteiger partial charge in [-0.3, -0.25) is 4.79 Å². The molecule has 3 rings (SSSR count). The molecule has 1 heterocycles. The monoisotopic (exact) mass is 413 g/mol. The molecule has 0 aliphatic carbocycles. The highest BCUT2D eigenvalue weighted by Crippen LogP contribution is 2.19. The number of aromatic nitrogens is 1. The Bertz CT molecular complexity index is 1050. The van der Waals surface area contributed by atoms with Crippen molar-refractivity contribution in [1.82, 2.24) is 15.0 Å². The lowest BCUT2D eigenvalue weighted by atomic mass is 10.1. The van der Waals surface area contributed by atoms with Gasteiger partial charge in [-0.2, -0.15) is 0 Å². The van der Waals surface area contributed by atoms with Gasteiger partial charge in [0.1, 0.15) is 6.26 Å². The molecule has 0 spiro atoms. The Kier molecular flexibility index (Phi) is 6.79. The van der Waals surface area contributed by atoms with Crippen molar-refractivity contribution < 1.29 is 17.6 Å². The Labute approximate surface area is 170 Å². The molecule has 0 bridgehead atoms. The Balaban J connectivity index is 1.40. The zero-order valence-electron chi connectivity index (χ0n) is 16.1. The molecule has 7 nitrogen and oxygen atoms in total. The minimum Gasteiger partial charge on any atom is -0.444 e.